The van der Waals surface area contributed by atoms with Crippen LogP contribution in [0.4, 0.5) is 0 Å². The number of carbonyl (C=O) groups is 1. The number of ether oxygens (including phenoxy) is 2. The van der Waals surface area contributed by atoms with Gasteiger partial charge in [-0.25, -0.2) is 4.98 Å². The van der Waals surface area contributed by atoms with Crippen LogP contribution in [-0.4, -0.2) is 41.1 Å². The van der Waals surface area contributed by atoms with Gasteiger partial charge in [0, 0.05) is 29.7 Å². The van der Waals surface area contributed by atoms with Crippen LogP contribution in [0.3, 0.4) is 0 Å². The molecule has 0 aliphatic carbocycles. The number of benzene rings is 2. The number of aromatic nitrogens is 2. The Morgan fingerprint density at radius 2 is 1.74 bits per heavy atom. The van der Waals surface area contributed by atoms with E-state index in [1.165, 1.54) is 17.0 Å². The molecule has 0 atom stereocenters. The second-order valence-electron chi connectivity index (χ2n) is 7.29. The van der Waals surface area contributed by atoms with Crippen LogP contribution in [0.15, 0.2) is 53.6 Å². The van der Waals surface area contributed by atoms with Gasteiger partial charge in [0.1, 0.15) is 6.54 Å². The third-order valence-electron chi connectivity index (χ3n) is 5.40. The lowest BCUT2D eigenvalue weighted by Gasteiger charge is -2.29. The van der Waals surface area contributed by atoms with Gasteiger partial charge in [0.15, 0.2) is 11.5 Å². The lowest BCUT2D eigenvalue weighted by atomic mass is 9.98. The van der Waals surface area contributed by atoms with Gasteiger partial charge in [-0.15, -0.1) is 0 Å². The number of hydrogen-bond acceptors (Lipinski definition) is 5. The molecule has 1 amide bonds. The molecule has 1 aliphatic rings. The highest BCUT2D eigenvalue weighted by atomic mass is 35.5. The van der Waals surface area contributed by atoms with Gasteiger partial charge in [-0.1, -0.05) is 23.7 Å². The zero-order valence-corrected chi connectivity index (χ0v) is 18.1. The molecule has 1 aliphatic heterocycles. The molecule has 4 rings (SSSR count). The van der Waals surface area contributed by atoms with E-state index in [1.807, 2.05) is 12.1 Å². The van der Waals surface area contributed by atoms with Crippen molar-refractivity contribution < 1.29 is 14.3 Å². The Hall–Kier alpha value is -3.32. The van der Waals surface area contributed by atoms with Crippen molar-refractivity contribution in [2.75, 3.05) is 20.8 Å². The number of nitrogens with zero attached hydrogens (tertiary/aromatic N) is 3. The van der Waals surface area contributed by atoms with Gasteiger partial charge in [-0.05, 0) is 41.8 Å². The molecule has 160 valence electrons. The van der Waals surface area contributed by atoms with E-state index in [0.29, 0.717) is 41.7 Å². The van der Waals surface area contributed by atoms with Crippen molar-refractivity contribution in [2.45, 2.75) is 19.5 Å². The number of rotatable bonds is 5. The molecule has 2 aromatic carbocycles. The number of carbonyl (C=O) groups excluding carboxylic acids is 1. The first kappa shape index (κ1) is 20.9. The van der Waals surface area contributed by atoms with E-state index in [9.17, 15) is 9.59 Å². The fraction of sp³-hybridized carbons (Fsp3) is 0.261. The number of fused-ring (bicyclic) bond motifs is 1. The zero-order chi connectivity index (χ0) is 22.0. The normalized spacial score (nSPS) is 12.9. The molecule has 0 N–H and O–H groups in total. The van der Waals surface area contributed by atoms with Gasteiger partial charge < -0.3 is 14.4 Å². The summed E-state index contributed by atoms with van der Waals surface area (Å²) in [5, 5.41) is 0.613. The second-order valence-corrected chi connectivity index (χ2v) is 7.72. The van der Waals surface area contributed by atoms with Crippen LogP contribution < -0.4 is 15.0 Å². The lowest BCUT2D eigenvalue weighted by Crippen LogP contribution is -2.39. The van der Waals surface area contributed by atoms with Crippen molar-refractivity contribution in [1.29, 1.82) is 0 Å². The average molecular weight is 440 g/mol. The Bertz CT molecular complexity index is 1170. The Morgan fingerprint density at radius 1 is 1.06 bits per heavy atom. The molecule has 7 nitrogen and oxygen atoms in total. The average Bonchev–Trinajstić information content (AvgIpc) is 2.79. The molecule has 0 saturated heterocycles. The summed E-state index contributed by atoms with van der Waals surface area (Å²) >= 11 is 5.91. The summed E-state index contributed by atoms with van der Waals surface area (Å²) in [6.45, 7) is 0.973. The van der Waals surface area contributed by atoms with E-state index < -0.39 is 0 Å². The van der Waals surface area contributed by atoms with Crippen molar-refractivity contribution in [3.05, 3.63) is 75.3 Å². The predicted octanol–water partition coefficient (Wildman–Crippen LogP) is 3.17. The highest BCUT2D eigenvalue weighted by molar-refractivity contribution is 6.30. The van der Waals surface area contributed by atoms with Gasteiger partial charge in [0.25, 0.3) is 5.56 Å². The van der Waals surface area contributed by atoms with Crippen molar-refractivity contribution in [2.24, 2.45) is 0 Å². The van der Waals surface area contributed by atoms with Gasteiger partial charge >= 0.3 is 0 Å². The van der Waals surface area contributed by atoms with Crippen LogP contribution >= 0.6 is 11.6 Å². The molecule has 0 bridgehead atoms. The number of amides is 1. The maximum Gasteiger partial charge on any atom is 0.254 e. The first-order chi connectivity index (χ1) is 15.0. The molecule has 8 heteroatoms. The molecule has 0 fully saturated rings. The molecule has 0 radical (unpaired) electrons. The number of halogens is 1. The number of methoxy groups -OCH3 is 2. The minimum absolute atomic E-state index is 0.0602. The fourth-order valence-corrected chi connectivity index (χ4v) is 3.79. The van der Waals surface area contributed by atoms with Crippen LogP contribution in [0.1, 0.15) is 11.1 Å². The fourth-order valence-electron chi connectivity index (χ4n) is 3.66. The summed E-state index contributed by atoms with van der Waals surface area (Å²) < 4.78 is 12.1. The predicted molar refractivity (Wildman–Crippen MR) is 118 cm³/mol. The largest absolute Gasteiger partial charge is 0.493 e. The Balaban J connectivity index is 1.49. The van der Waals surface area contributed by atoms with Gasteiger partial charge in [-0.3, -0.25) is 14.2 Å². The minimum atomic E-state index is -0.280. The third-order valence-corrected chi connectivity index (χ3v) is 5.65. The van der Waals surface area contributed by atoms with Crippen LogP contribution in [0.5, 0.6) is 11.5 Å². The summed E-state index contributed by atoms with van der Waals surface area (Å²) in [7, 11) is 3.19. The van der Waals surface area contributed by atoms with E-state index in [0.717, 1.165) is 16.7 Å². The van der Waals surface area contributed by atoms with Crippen LogP contribution in [-0.2, 0) is 24.3 Å². The molecule has 2 heterocycles. The van der Waals surface area contributed by atoms with Crippen molar-refractivity contribution in [3.63, 3.8) is 0 Å². The minimum Gasteiger partial charge on any atom is -0.493 e. The standard InChI is InChI=1S/C23H22ClN3O4/c1-30-20-9-16-7-8-26(12-17(16)10-21(20)31-2)23(29)13-27-14-25-19(11-22(27)28)15-3-5-18(24)6-4-15/h3-6,9-11,14H,7-8,12-13H2,1-2H3. The summed E-state index contributed by atoms with van der Waals surface area (Å²) in [5.74, 6) is 1.18. The van der Waals surface area contributed by atoms with Crippen LogP contribution in [0, 0.1) is 0 Å². The summed E-state index contributed by atoms with van der Waals surface area (Å²) in [6, 6.07) is 12.4. The molecule has 0 unspecified atom stereocenters. The number of hydrogen-bond donors (Lipinski definition) is 0. The van der Waals surface area contributed by atoms with Crippen LogP contribution in [0.2, 0.25) is 5.02 Å². The molecule has 0 spiro atoms. The first-order valence-corrected chi connectivity index (χ1v) is 10.2. The van der Waals surface area contributed by atoms with Gasteiger partial charge in [0.2, 0.25) is 5.91 Å². The summed E-state index contributed by atoms with van der Waals surface area (Å²) in [4.78, 5) is 31.5. The van der Waals surface area contributed by atoms with E-state index in [2.05, 4.69) is 4.98 Å². The Kier molecular flexibility index (Phi) is 5.95. The topological polar surface area (TPSA) is 73.7 Å². The Morgan fingerprint density at radius 3 is 2.39 bits per heavy atom. The maximum atomic E-state index is 12.9. The van der Waals surface area contributed by atoms with Crippen molar-refractivity contribution >= 4 is 17.5 Å². The highest BCUT2D eigenvalue weighted by Crippen LogP contribution is 2.33. The maximum absolute atomic E-state index is 12.9. The van der Waals surface area contributed by atoms with Gasteiger partial charge in [0.05, 0.1) is 26.2 Å². The first-order valence-electron chi connectivity index (χ1n) is 9.82. The monoisotopic (exact) mass is 439 g/mol. The van der Waals surface area contributed by atoms with E-state index >= 15 is 0 Å². The molecule has 31 heavy (non-hydrogen) atoms. The zero-order valence-electron chi connectivity index (χ0n) is 17.3. The molecule has 0 saturated carbocycles. The van der Waals surface area contributed by atoms with E-state index in [-0.39, 0.29) is 18.0 Å². The van der Waals surface area contributed by atoms with Crippen molar-refractivity contribution in [1.82, 2.24) is 14.5 Å². The van der Waals surface area contributed by atoms with E-state index in [1.54, 1.807) is 43.4 Å². The quantitative estimate of drug-likeness (QED) is 0.610. The highest BCUT2D eigenvalue weighted by Gasteiger charge is 2.23. The molecule has 3 aromatic rings. The summed E-state index contributed by atoms with van der Waals surface area (Å²) in [5.41, 5.74) is 3.20. The van der Waals surface area contributed by atoms with Crippen LogP contribution in [0.25, 0.3) is 11.3 Å². The second kappa shape index (κ2) is 8.81. The Labute approximate surface area is 184 Å². The molecular weight excluding hydrogens is 418 g/mol. The van der Waals surface area contributed by atoms with Crippen molar-refractivity contribution in [3.8, 4) is 22.8 Å². The van der Waals surface area contributed by atoms with Gasteiger partial charge in [-0.2, -0.15) is 0 Å². The molecular formula is C23H22ClN3O4. The summed E-state index contributed by atoms with van der Waals surface area (Å²) in [6.07, 6.45) is 2.13. The lowest BCUT2D eigenvalue weighted by molar-refractivity contribution is -0.132. The molecule has 1 aromatic heterocycles. The van der Waals surface area contributed by atoms with E-state index in [4.69, 9.17) is 21.1 Å². The smallest absolute Gasteiger partial charge is 0.254 e. The third kappa shape index (κ3) is 4.41. The SMILES string of the molecule is COc1cc2c(cc1OC)CN(C(=O)Cn1cnc(-c3ccc(Cl)cc3)cc1=O)CC2.